The number of nitrogens with one attached hydrogen (secondary N) is 1. The Morgan fingerprint density at radius 1 is 0.500 bits per heavy atom. The van der Waals surface area contributed by atoms with Crippen molar-refractivity contribution in [2.24, 2.45) is 0 Å². The number of benzene rings is 6. The number of furan rings is 1. The third kappa shape index (κ3) is 3.43. The average molecular weight is 462 g/mol. The van der Waals surface area contributed by atoms with E-state index in [1.165, 1.54) is 33.0 Å². The van der Waals surface area contributed by atoms with E-state index in [0.29, 0.717) is 0 Å². The molecule has 0 bridgehead atoms. The molecule has 0 aliphatic rings. The van der Waals surface area contributed by atoms with Crippen LogP contribution in [0, 0.1) is 0 Å². The molecule has 0 radical (unpaired) electrons. The van der Waals surface area contributed by atoms with Gasteiger partial charge in [0.05, 0.1) is 5.69 Å². The van der Waals surface area contributed by atoms with Crippen molar-refractivity contribution in [2.45, 2.75) is 0 Å². The molecule has 0 fully saturated rings. The van der Waals surface area contributed by atoms with E-state index in [-0.39, 0.29) is 0 Å². The van der Waals surface area contributed by atoms with Gasteiger partial charge in [-0.15, -0.1) is 0 Å². The summed E-state index contributed by atoms with van der Waals surface area (Å²) >= 11 is 0. The highest BCUT2D eigenvalue weighted by atomic mass is 16.3. The van der Waals surface area contributed by atoms with Crippen LogP contribution in [-0.2, 0) is 0 Å². The lowest BCUT2D eigenvalue weighted by Gasteiger charge is -2.11. The van der Waals surface area contributed by atoms with Crippen LogP contribution >= 0.6 is 0 Å². The zero-order chi connectivity index (χ0) is 23.9. The van der Waals surface area contributed by atoms with Crippen LogP contribution in [0.3, 0.4) is 0 Å². The number of para-hydroxylation sites is 1. The van der Waals surface area contributed by atoms with Crippen molar-refractivity contribution in [2.75, 3.05) is 5.32 Å². The Bertz CT molecular complexity index is 1860. The van der Waals surface area contributed by atoms with Gasteiger partial charge in [0.25, 0.3) is 0 Å². The number of hydrogen-bond donors (Lipinski definition) is 1. The van der Waals surface area contributed by atoms with Crippen molar-refractivity contribution in [1.82, 2.24) is 0 Å². The van der Waals surface area contributed by atoms with Crippen LogP contribution in [0.4, 0.5) is 11.4 Å². The zero-order valence-electron chi connectivity index (χ0n) is 19.6. The minimum atomic E-state index is 0.867. The van der Waals surface area contributed by atoms with E-state index in [1.54, 1.807) is 0 Å². The molecule has 7 aromatic rings. The quantitative estimate of drug-likeness (QED) is 0.282. The molecule has 0 saturated carbocycles. The van der Waals surface area contributed by atoms with Gasteiger partial charge in [0.1, 0.15) is 5.58 Å². The van der Waals surface area contributed by atoms with Crippen molar-refractivity contribution in [3.05, 3.63) is 133 Å². The Balaban J connectivity index is 1.33. The molecule has 7 rings (SSSR count). The maximum absolute atomic E-state index is 6.43. The fourth-order valence-corrected chi connectivity index (χ4v) is 5.20. The smallest absolute Gasteiger partial charge is 0.158 e. The van der Waals surface area contributed by atoms with Crippen LogP contribution < -0.4 is 5.32 Å². The fraction of sp³-hybridized carbons (Fsp3) is 0. The molecule has 0 aliphatic carbocycles. The Kier molecular flexibility index (Phi) is 4.82. The molecule has 0 aliphatic heterocycles. The first-order valence-electron chi connectivity index (χ1n) is 12.2. The maximum Gasteiger partial charge on any atom is 0.158 e. The van der Waals surface area contributed by atoms with E-state index >= 15 is 0 Å². The van der Waals surface area contributed by atoms with Gasteiger partial charge in [-0.3, -0.25) is 0 Å². The summed E-state index contributed by atoms with van der Waals surface area (Å²) in [6.07, 6.45) is 0. The number of anilines is 2. The summed E-state index contributed by atoms with van der Waals surface area (Å²) < 4.78 is 6.43. The van der Waals surface area contributed by atoms with Crippen LogP contribution in [0.1, 0.15) is 0 Å². The highest BCUT2D eigenvalue weighted by Crippen LogP contribution is 2.40. The van der Waals surface area contributed by atoms with E-state index in [9.17, 15) is 0 Å². The lowest BCUT2D eigenvalue weighted by Crippen LogP contribution is -1.91. The molecule has 2 nitrogen and oxygen atoms in total. The third-order valence-corrected chi connectivity index (χ3v) is 6.85. The van der Waals surface area contributed by atoms with Crippen molar-refractivity contribution >= 4 is 44.1 Å². The monoisotopic (exact) mass is 461 g/mol. The highest BCUT2D eigenvalue weighted by Gasteiger charge is 2.15. The predicted octanol–water partition coefficient (Wildman–Crippen LogP) is 9.82. The van der Waals surface area contributed by atoms with Gasteiger partial charge < -0.3 is 9.73 Å². The van der Waals surface area contributed by atoms with Gasteiger partial charge in [0.15, 0.2) is 5.58 Å². The molecule has 0 atom stereocenters. The van der Waals surface area contributed by atoms with Gasteiger partial charge in [-0.05, 0) is 57.3 Å². The molecular formula is C34H23NO. The maximum atomic E-state index is 6.43. The van der Waals surface area contributed by atoms with E-state index in [0.717, 1.165) is 33.3 Å². The van der Waals surface area contributed by atoms with Crippen molar-refractivity contribution < 1.29 is 4.42 Å². The summed E-state index contributed by atoms with van der Waals surface area (Å²) in [6, 6.07) is 46.7. The molecule has 0 unspecified atom stereocenters. The normalized spacial score (nSPS) is 11.3. The molecule has 6 aromatic carbocycles. The molecule has 1 heterocycles. The van der Waals surface area contributed by atoms with Crippen molar-refractivity contribution in [3.63, 3.8) is 0 Å². The van der Waals surface area contributed by atoms with Gasteiger partial charge in [-0.25, -0.2) is 0 Å². The molecule has 0 saturated heterocycles. The minimum Gasteiger partial charge on any atom is -0.454 e. The van der Waals surface area contributed by atoms with Gasteiger partial charge in [-0.1, -0.05) is 109 Å². The van der Waals surface area contributed by atoms with Crippen molar-refractivity contribution in [1.29, 1.82) is 0 Å². The summed E-state index contributed by atoms with van der Waals surface area (Å²) in [5.74, 6) is 0. The van der Waals surface area contributed by atoms with E-state index in [2.05, 4.69) is 127 Å². The second kappa shape index (κ2) is 8.44. The van der Waals surface area contributed by atoms with E-state index in [1.807, 2.05) is 12.1 Å². The first-order chi connectivity index (χ1) is 17.8. The lowest BCUT2D eigenvalue weighted by atomic mass is 9.98. The molecule has 2 heteroatoms. The lowest BCUT2D eigenvalue weighted by molar-refractivity contribution is 0.670. The predicted molar refractivity (Wildman–Crippen MR) is 152 cm³/mol. The van der Waals surface area contributed by atoms with Gasteiger partial charge in [-0.2, -0.15) is 0 Å². The second-order valence-electron chi connectivity index (χ2n) is 9.06. The van der Waals surface area contributed by atoms with Gasteiger partial charge in [0.2, 0.25) is 0 Å². The summed E-state index contributed by atoms with van der Waals surface area (Å²) in [5.41, 5.74) is 8.52. The summed E-state index contributed by atoms with van der Waals surface area (Å²) in [5, 5.41) is 8.39. The van der Waals surface area contributed by atoms with Crippen LogP contribution in [0.2, 0.25) is 0 Å². The summed E-state index contributed by atoms with van der Waals surface area (Å²) in [7, 11) is 0. The standard InChI is InChI=1S/C34H23NO/c1-2-10-24(11-3-1)29-18-9-21-32-33(29)30-19-8-20-31(34(30)36-32)35-26-15-6-14-25(22-26)28-17-7-13-23-12-4-5-16-27(23)28/h1-22,35H. The van der Waals surface area contributed by atoms with Gasteiger partial charge in [0, 0.05) is 16.5 Å². The average Bonchev–Trinajstić information content (AvgIpc) is 3.33. The molecule has 36 heavy (non-hydrogen) atoms. The molecule has 1 N–H and O–H groups in total. The Labute approximate surface area is 209 Å². The second-order valence-corrected chi connectivity index (χ2v) is 9.06. The van der Waals surface area contributed by atoms with Crippen LogP contribution in [-0.4, -0.2) is 0 Å². The first kappa shape index (κ1) is 20.5. The minimum absolute atomic E-state index is 0.867. The summed E-state index contributed by atoms with van der Waals surface area (Å²) in [6.45, 7) is 0. The van der Waals surface area contributed by atoms with E-state index < -0.39 is 0 Å². The Morgan fingerprint density at radius 2 is 1.19 bits per heavy atom. The molecule has 0 amide bonds. The molecule has 0 spiro atoms. The van der Waals surface area contributed by atoms with E-state index in [4.69, 9.17) is 4.42 Å². The van der Waals surface area contributed by atoms with Crippen LogP contribution in [0.25, 0.3) is 55.0 Å². The van der Waals surface area contributed by atoms with Crippen LogP contribution in [0.5, 0.6) is 0 Å². The SMILES string of the molecule is c1ccc(-c2cccc3oc4c(Nc5cccc(-c6cccc7ccccc67)c5)cccc4c23)cc1. The van der Waals surface area contributed by atoms with Crippen LogP contribution in [0.15, 0.2) is 138 Å². The molecular weight excluding hydrogens is 438 g/mol. The Hall–Kier alpha value is -4.82. The number of hydrogen-bond acceptors (Lipinski definition) is 2. The highest BCUT2D eigenvalue weighted by molar-refractivity contribution is 6.15. The van der Waals surface area contributed by atoms with Gasteiger partial charge >= 0.3 is 0 Å². The molecule has 170 valence electrons. The third-order valence-electron chi connectivity index (χ3n) is 6.85. The topological polar surface area (TPSA) is 25.2 Å². The number of fused-ring (bicyclic) bond motifs is 4. The molecule has 1 aromatic heterocycles. The summed E-state index contributed by atoms with van der Waals surface area (Å²) in [4.78, 5) is 0. The largest absolute Gasteiger partial charge is 0.454 e. The first-order valence-corrected chi connectivity index (χ1v) is 12.2. The fourth-order valence-electron chi connectivity index (χ4n) is 5.20. The van der Waals surface area contributed by atoms with Crippen molar-refractivity contribution in [3.8, 4) is 22.3 Å². The zero-order valence-corrected chi connectivity index (χ0v) is 19.6. The Morgan fingerprint density at radius 3 is 2.14 bits per heavy atom. The number of rotatable bonds is 4.